The molecule has 0 radical (unpaired) electrons. The third-order valence-electron chi connectivity index (χ3n) is 4.06. The summed E-state index contributed by atoms with van der Waals surface area (Å²) in [5.41, 5.74) is 1.73. The Hall–Kier alpha value is -2.60. The highest BCUT2D eigenvalue weighted by atomic mass is 35.5. The van der Waals surface area contributed by atoms with Crippen molar-refractivity contribution in [3.05, 3.63) is 47.0 Å². The Balaban J connectivity index is 1.88. The molecular formula is C20H22ClNO5. The van der Waals surface area contributed by atoms with Gasteiger partial charge in [0.05, 0.1) is 18.8 Å². The summed E-state index contributed by atoms with van der Waals surface area (Å²) in [5, 5.41) is 9.56. The number of anilines is 1. The maximum atomic E-state index is 10.9. The predicted molar refractivity (Wildman–Crippen MR) is 103 cm³/mol. The number of benzene rings is 2. The second-order valence-electron chi connectivity index (χ2n) is 6.70. The molecule has 0 bridgehead atoms. The molecule has 0 aromatic heterocycles. The molecule has 0 unspecified atom stereocenters. The van der Waals surface area contributed by atoms with Gasteiger partial charge >= 0.3 is 6.16 Å². The third kappa shape index (κ3) is 4.77. The molecule has 0 fully saturated rings. The molecule has 1 aliphatic heterocycles. The lowest BCUT2D eigenvalue weighted by Gasteiger charge is -2.32. The molecule has 0 aliphatic carbocycles. The summed E-state index contributed by atoms with van der Waals surface area (Å²) in [7, 11) is 0. The van der Waals surface area contributed by atoms with Gasteiger partial charge in [0.1, 0.15) is 12.4 Å². The van der Waals surface area contributed by atoms with Gasteiger partial charge in [-0.15, -0.1) is 0 Å². The number of rotatable bonds is 6. The first kappa shape index (κ1) is 19.2. The molecule has 1 aliphatic rings. The normalized spacial score (nSPS) is 13.1. The van der Waals surface area contributed by atoms with Crippen LogP contribution in [0.3, 0.4) is 0 Å². The maximum absolute atomic E-state index is 10.9. The lowest BCUT2D eigenvalue weighted by atomic mass is 10.1. The van der Waals surface area contributed by atoms with Crippen LogP contribution in [0.25, 0.3) is 0 Å². The molecule has 0 spiro atoms. The van der Waals surface area contributed by atoms with Gasteiger partial charge in [0, 0.05) is 17.1 Å². The van der Waals surface area contributed by atoms with E-state index in [4.69, 9.17) is 30.9 Å². The largest absolute Gasteiger partial charge is 0.511 e. The van der Waals surface area contributed by atoms with E-state index in [0.29, 0.717) is 43.0 Å². The molecule has 7 heteroatoms. The zero-order valence-electron chi connectivity index (χ0n) is 15.3. The van der Waals surface area contributed by atoms with E-state index >= 15 is 0 Å². The summed E-state index contributed by atoms with van der Waals surface area (Å²) < 4.78 is 16.4. The van der Waals surface area contributed by atoms with Gasteiger partial charge in [0.15, 0.2) is 11.5 Å². The van der Waals surface area contributed by atoms with Gasteiger partial charge in [0.2, 0.25) is 0 Å². The number of halogens is 1. The van der Waals surface area contributed by atoms with Crippen molar-refractivity contribution in [1.82, 2.24) is 0 Å². The van der Waals surface area contributed by atoms with E-state index in [1.54, 1.807) is 12.1 Å². The minimum atomic E-state index is -1.37. The van der Waals surface area contributed by atoms with Crippen molar-refractivity contribution in [2.24, 2.45) is 5.92 Å². The highest BCUT2D eigenvalue weighted by molar-refractivity contribution is 6.30. The molecular weight excluding hydrogens is 370 g/mol. The first-order chi connectivity index (χ1) is 12.9. The second-order valence-corrected chi connectivity index (χ2v) is 7.14. The highest BCUT2D eigenvalue weighted by Gasteiger charge is 2.24. The Morgan fingerprint density at radius 1 is 1.30 bits per heavy atom. The van der Waals surface area contributed by atoms with Gasteiger partial charge in [-0.2, -0.15) is 0 Å². The molecule has 0 saturated heterocycles. The van der Waals surface area contributed by atoms with E-state index < -0.39 is 6.16 Å². The van der Waals surface area contributed by atoms with Gasteiger partial charge in [-0.05, 0) is 36.2 Å². The van der Waals surface area contributed by atoms with Crippen molar-refractivity contribution in [2.75, 3.05) is 24.7 Å². The topological polar surface area (TPSA) is 68.2 Å². The molecule has 2 aromatic carbocycles. The molecule has 6 nitrogen and oxygen atoms in total. The van der Waals surface area contributed by atoms with Crippen LogP contribution in [-0.4, -0.2) is 31.0 Å². The fraction of sp³-hybridized carbons (Fsp3) is 0.350. The maximum Gasteiger partial charge on any atom is 0.511 e. The highest BCUT2D eigenvalue weighted by Crippen LogP contribution is 2.41. The van der Waals surface area contributed by atoms with Crippen molar-refractivity contribution < 1.29 is 24.1 Å². The van der Waals surface area contributed by atoms with E-state index in [9.17, 15) is 4.79 Å². The van der Waals surface area contributed by atoms with Crippen LogP contribution >= 0.6 is 11.6 Å². The van der Waals surface area contributed by atoms with Crippen LogP contribution in [0.2, 0.25) is 5.02 Å². The van der Waals surface area contributed by atoms with Gasteiger partial charge in [-0.1, -0.05) is 31.5 Å². The average molecular weight is 392 g/mol. The zero-order chi connectivity index (χ0) is 19.4. The fourth-order valence-corrected chi connectivity index (χ4v) is 3.08. The van der Waals surface area contributed by atoms with E-state index in [1.807, 2.05) is 24.3 Å². The van der Waals surface area contributed by atoms with Crippen LogP contribution in [0, 0.1) is 5.92 Å². The lowest BCUT2D eigenvalue weighted by molar-refractivity contribution is 0.142. The van der Waals surface area contributed by atoms with Gasteiger partial charge in [-0.25, -0.2) is 4.79 Å². The first-order valence-corrected chi connectivity index (χ1v) is 9.14. The monoisotopic (exact) mass is 391 g/mol. The molecule has 0 atom stereocenters. The summed E-state index contributed by atoms with van der Waals surface area (Å²) >= 11 is 6.20. The van der Waals surface area contributed by atoms with Crippen LogP contribution in [-0.2, 0) is 6.54 Å². The second kappa shape index (κ2) is 8.39. The van der Waals surface area contributed by atoms with Crippen molar-refractivity contribution in [3.63, 3.8) is 0 Å². The van der Waals surface area contributed by atoms with Gasteiger partial charge in [-0.3, -0.25) is 0 Å². The summed E-state index contributed by atoms with van der Waals surface area (Å²) in [5.74, 6) is 1.82. The third-order valence-corrected chi connectivity index (χ3v) is 4.29. The molecule has 2 aromatic rings. The number of hydrogen-bond acceptors (Lipinski definition) is 5. The minimum absolute atomic E-state index is 0.187. The molecule has 144 valence electrons. The Morgan fingerprint density at radius 2 is 2.11 bits per heavy atom. The molecule has 1 heterocycles. The lowest BCUT2D eigenvalue weighted by Crippen LogP contribution is -2.32. The van der Waals surface area contributed by atoms with Crippen LogP contribution in [0.5, 0.6) is 17.2 Å². The zero-order valence-corrected chi connectivity index (χ0v) is 16.0. The van der Waals surface area contributed by atoms with E-state index in [2.05, 4.69) is 18.7 Å². The quantitative estimate of drug-likeness (QED) is 0.561. The minimum Gasteiger partial charge on any atom is -0.493 e. The number of carbonyl (C=O) groups is 1. The van der Waals surface area contributed by atoms with E-state index in [1.165, 1.54) is 0 Å². The summed E-state index contributed by atoms with van der Waals surface area (Å²) in [6.45, 7) is 6.44. The van der Waals surface area contributed by atoms with E-state index in [0.717, 1.165) is 17.0 Å². The van der Waals surface area contributed by atoms with Gasteiger partial charge < -0.3 is 24.2 Å². The van der Waals surface area contributed by atoms with Crippen LogP contribution < -0.4 is 19.1 Å². The number of carboxylic acid groups (broad SMARTS) is 1. The number of para-hydroxylation sites is 1. The van der Waals surface area contributed by atoms with Crippen molar-refractivity contribution >= 4 is 23.4 Å². The molecule has 3 rings (SSSR count). The molecule has 27 heavy (non-hydrogen) atoms. The fourth-order valence-electron chi connectivity index (χ4n) is 2.89. The summed E-state index contributed by atoms with van der Waals surface area (Å²) in [6.07, 6.45) is -1.37. The summed E-state index contributed by atoms with van der Waals surface area (Å²) in [4.78, 5) is 13.0. The molecule has 1 N–H and O–H groups in total. The predicted octanol–water partition coefficient (Wildman–Crippen LogP) is 4.83. The average Bonchev–Trinajstić information content (AvgIpc) is 2.61. The van der Waals surface area contributed by atoms with Gasteiger partial charge in [0.25, 0.3) is 0 Å². The van der Waals surface area contributed by atoms with Crippen molar-refractivity contribution in [3.8, 4) is 17.2 Å². The van der Waals surface area contributed by atoms with Crippen molar-refractivity contribution in [1.29, 1.82) is 0 Å². The Bertz CT molecular complexity index is 824. The standard InChI is InChI=1S/C20H22ClNO5/c1-13(2)12-26-17-7-6-15(21)10-14(17)11-22-8-9-25-19-16(22)4-3-5-18(19)27-20(23)24/h3-7,10,13H,8-9,11-12H2,1-2H3,(H,23,24). The smallest absolute Gasteiger partial charge is 0.493 e. The van der Waals surface area contributed by atoms with Crippen LogP contribution in [0.4, 0.5) is 10.5 Å². The van der Waals surface area contributed by atoms with Crippen LogP contribution in [0.1, 0.15) is 19.4 Å². The molecule has 0 amide bonds. The van der Waals surface area contributed by atoms with Crippen molar-refractivity contribution in [2.45, 2.75) is 20.4 Å². The Morgan fingerprint density at radius 3 is 2.85 bits per heavy atom. The number of fused-ring (bicyclic) bond motifs is 1. The Labute approximate surface area is 163 Å². The van der Waals surface area contributed by atoms with Crippen LogP contribution in [0.15, 0.2) is 36.4 Å². The number of hydrogen-bond donors (Lipinski definition) is 1. The first-order valence-electron chi connectivity index (χ1n) is 8.77. The SMILES string of the molecule is CC(C)COc1ccc(Cl)cc1CN1CCOc2c(OC(=O)O)cccc21. The summed E-state index contributed by atoms with van der Waals surface area (Å²) in [6, 6.07) is 10.8. The number of ether oxygens (including phenoxy) is 3. The molecule has 0 saturated carbocycles. The van der Waals surface area contributed by atoms with E-state index in [-0.39, 0.29) is 5.75 Å². The Kier molecular flexibility index (Phi) is 5.96. The number of nitrogens with zero attached hydrogens (tertiary/aromatic N) is 1.